The van der Waals surface area contributed by atoms with Crippen LogP contribution < -0.4 is 5.73 Å². The second-order valence-electron chi connectivity index (χ2n) is 2.58. The van der Waals surface area contributed by atoms with Gasteiger partial charge < -0.3 is 15.8 Å². The molecule has 0 atom stereocenters. The predicted molar refractivity (Wildman–Crippen MR) is 46.3 cm³/mol. The Morgan fingerprint density at radius 2 is 2.38 bits per heavy atom. The third-order valence-electron chi connectivity index (χ3n) is 1.72. The van der Waals surface area contributed by atoms with Gasteiger partial charge in [-0.05, 0) is 22.0 Å². The fraction of sp³-hybridized carbons (Fsp3) is 0. The van der Waals surface area contributed by atoms with E-state index in [2.05, 4.69) is 4.98 Å². The highest BCUT2D eigenvalue weighted by Crippen LogP contribution is 2.18. The number of nitrogens with zero attached hydrogens (tertiary/aromatic N) is 3. The minimum absolute atomic E-state index is 0.174. The van der Waals surface area contributed by atoms with Crippen molar-refractivity contribution in [3.8, 4) is 0 Å². The molecule has 2 aromatic heterocycles. The van der Waals surface area contributed by atoms with Crippen LogP contribution in [0.1, 0.15) is 0 Å². The van der Waals surface area contributed by atoms with Gasteiger partial charge in [-0.15, -0.1) is 0 Å². The van der Waals surface area contributed by atoms with E-state index >= 15 is 0 Å². The van der Waals surface area contributed by atoms with Crippen LogP contribution >= 0.6 is 0 Å². The second-order valence-corrected chi connectivity index (χ2v) is 2.58. The first-order valence-corrected chi connectivity index (χ1v) is 3.55. The van der Waals surface area contributed by atoms with Gasteiger partial charge in [0.15, 0.2) is 0 Å². The molecule has 0 aromatic carbocycles. The highest BCUT2D eigenvalue weighted by atomic mass is 16.6. The van der Waals surface area contributed by atoms with Gasteiger partial charge in [0.05, 0.1) is 0 Å². The molecular formula is C7H6N4O2. The van der Waals surface area contributed by atoms with E-state index in [9.17, 15) is 10.1 Å². The molecule has 0 amide bonds. The maximum atomic E-state index is 10.5. The van der Waals surface area contributed by atoms with E-state index in [0.29, 0.717) is 11.2 Å². The number of hydrogen-bond acceptors (Lipinski definition) is 4. The van der Waals surface area contributed by atoms with Gasteiger partial charge in [-0.25, -0.2) is 0 Å². The zero-order valence-corrected chi connectivity index (χ0v) is 6.54. The fourth-order valence-corrected chi connectivity index (χ4v) is 1.13. The van der Waals surface area contributed by atoms with Crippen molar-refractivity contribution in [1.29, 1.82) is 0 Å². The molecule has 0 aliphatic heterocycles. The molecule has 6 heteroatoms. The van der Waals surface area contributed by atoms with Gasteiger partial charge in [-0.1, -0.05) is 0 Å². The highest BCUT2D eigenvalue weighted by Gasteiger charge is 2.14. The summed E-state index contributed by atoms with van der Waals surface area (Å²) in [6, 6.07) is 3.17. The lowest BCUT2D eigenvalue weighted by atomic mass is 10.3. The van der Waals surface area contributed by atoms with E-state index in [4.69, 9.17) is 5.73 Å². The molecule has 6 nitrogen and oxygen atoms in total. The normalized spacial score (nSPS) is 10.5. The van der Waals surface area contributed by atoms with Crippen molar-refractivity contribution in [1.82, 2.24) is 9.38 Å². The van der Waals surface area contributed by atoms with Crippen LogP contribution in [0.15, 0.2) is 24.7 Å². The second kappa shape index (κ2) is 2.44. The third kappa shape index (κ3) is 1.08. The summed E-state index contributed by atoms with van der Waals surface area (Å²) in [4.78, 5) is 13.6. The minimum atomic E-state index is -0.533. The number of aromatic nitrogens is 2. The van der Waals surface area contributed by atoms with E-state index in [1.165, 1.54) is 12.4 Å². The lowest BCUT2D eigenvalue weighted by molar-refractivity contribution is -0.387. The van der Waals surface area contributed by atoms with Gasteiger partial charge in [0.25, 0.3) is 0 Å². The lowest BCUT2D eigenvalue weighted by Gasteiger charge is -1.94. The molecule has 0 radical (unpaired) electrons. The van der Waals surface area contributed by atoms with Gasteiger partial charge in [0.1, 0.15) is 5.52 Å². The summed E-state index contributed by atoms with van der Waals surface area (Å²) in [6.07, 6.45) is 3.01. The first-order chi connectivity index (χ1) is 6.18. The molecule has 2 heterocycles. The predicted octanol–water partition coefficient (Wildman–Crippen LogP) is 0.825. The van der Waals surface area contributed by atoms with Crippen molar-refractivity contribution in [2.75, 3.05) is 5.73 Å². The summed E-state index contributed by atoms with van der Waals surface area (Å²) in [7, 11) is 0. The number of nitrogens with two attached hydrogens (primary N) is 1. The first-order valence-electron chi connectivity index (χ1n) is 3.55. The molecular weight excluding hydrogens is 172 g/mol. The molecule has 0 aliphatic carbocycles. The Balaban J connectivity index is 2.79. The van der Waals surface area contributed by atoms with E-state index in [0.717, 1.165) is 0 Å². The first kappa shape index (κ1) is 7.53. The van der Waals surface area contributed by atoms with Crippen LogP contribution in [0.5, 0.6) is 0 Å². The van der Waals surface area contributed by atoms with Crippen LogP contribution in [0, 0.1) is 10.1 Å². The quantitative estimate of drug-likeness (QED) is 0.517. The summed E-state index contributed by atoms with van der Waals surface area (Å²) in [6.45, 7) is 0. The Morgan fingerprint density at radius 1 is 1.62 bits per heavy atom. The Morgan fingerprint density at radius 3 is 3.08 bits per heavy atom. The average molecular weight is 178 g/mol. The standard InChI is InChI=1S/C7H6N4O2/c8-5-1-2-10-4-9-7(11(12)13)6(10)3-5/h1-4H,8H2. The van der Waals surface area contributed by atoms with Gasteiger partial charge in [0.2, 0.25) is 6.33 Å². The van der Waals surface area contributed by atoms with Crippen LogP contribution in [-0.4, -0.2) is 14.3 Å². The molecule has 0 unspecified atom stereocenters. The monoisotopic (exact) mass is 178 g/mol. The summed E-state index contributed by atoms with van der Waals surface area (Å²) < 4.78 is 1.55. The van der Waals surface area contributed by atoms with Crippen molar-refractivity contribution in [2.45, 2.75) is 0 Å². The number of rotatable bonds is 1. The van der Waals surface area contributed by atoms with Crippen molar-refractivity contribution in [3.63, 3.8) is 0 Å². The summed E-state index contributed by atoms with van der Waals surface area (Å²) in [5.74, 6) is -0.174. The molecule has 0 fully saturated rings. The van der Waals surface area contributed by atoms with Crippen molar-refractivity contribution < 1.29 is 4.92 Å². The van der Waals surface area contributed by atoms with E-state index in [-0.39, 0.29) is 5.82 Å². The molecule has 2 rings (SSSR count). The van der Waals surface area contributed by atoms with Gasteiger partial charge in [0, 0.05) is 11.9 Å². The third-order valence-corrected chi connectivity index (χ3v) is 1.72. The van der Waals surface area contributed by atoms with Crippen molar-refractivity contribution >= 4 is 17.0 Å². The molecule has 0 saturated heterocycles. The fourth-order valence-electron chi connectivity index (χ4n) is 1.13. The van der Waals surface area contributed by atoms with Gasteiger partial charge >= 0.3 is 5.82 Å². The molecule has 66 valence electrons. The number of nitrogen functional groups attached to an aromatic ring is 1. The van der Waals surface area contributed by atoms with Crippen LogP contribution in [0.3, 0.4) is 0 Å². The largest absolute Gasteiger partial charge is 0.399 e. The Bertz CT molecular complexity index is 476. The van der Waals surface area contributed by atoms with E-state index < -0.39 is 4.92 Å². The number of nitro groups is 1. The smallest absolute Gasteiger partial charge is 0.389 e. The molecule has 13 heavy (non-hydrogen) atoms. The molecule has 0 aliphatic rings. The Labute approximate surface area is 72.8 Å². The van der Waals surface area contributed by atoms with Crippen LogP contribution in [0.4, 0.5) is 11.5 Å². The van der Waals surface area contributed by atoms with Crippen molar-refractivity contribution in [3.05, 3.63) is 34.8 Å². The Hall–Kier alpha value is -2.11. The van der Waals surface area contributed by atoms with E-state index in [1.54, 1.807) is 16.7 Å². The number of anilines is 1. The SMILES string of the molecule is Nc1ccn2cnc([N+](=O)[O-])c2c1. The topological polar surface area (TPSA) is 86.5 Å². The summed E-state index contributed by atoms with van der Waals surface area (Å²) in [5, 5.41) is 10.5. The maximum Gasteiger partial charge on any atom is 0.389 e. The molecule has 2 N–H and O–H groups in total. The highest BCUT2D eigenvalue weighted by molar-refractivity contribution is 5.66. The number of fused-ring (bicyclic) bond motifs is 1. The van der Waals surface area contributed by atoms with Crippen LogP contribution in [-0.2, 0) is 0 Å². The zero-order valence-electron chi connectivity index (χ0n) is 6.54. The molecule has 0 bridgehead atoms. The number of imidazole rings is 1. The molecule has 2 aromatic rings. The van der Waals surface area contributed by atoms with Crippen molar-refractivity contribution in [2.24, 2.45) is 0 Å². The van der Waals surface area contributed by atoms with Crippen LogP contribution in [0.25, 0.3) is 5.52 Å². The average Bonchev–Trinajstić information content (AvgIpc) is 2.46. The molecule has 0 spiro atoms. The van der Waals surface area contributed by atoms with Crippen LogP contribution in [0.2, 0.25) is 0 Å². The number of hydrogen-bond donors (Lipinski definition) is 1. The number of pyridine rings is 1. The van der Waals surface area contributed by atoms with E-state index in [1.807, 2.05) is 0 Å². The zero-order chi connectivity index (χ0) is 9.42. The maximum absolute atomic E-state index is 10.5. The minimum Gasteiger partial charge on any atom is -0.399 e. The summed E-state index contributed by atoms with van der Waals surface area (Å²) >= 11 is 0. The lowest BCUT2D eigenvalue weighted by Crippen LogP contribution is -1.91. The van der Waals surface area contributed by atoms with Gasteiger partial charge in [-0.2, -0.15) is 0 Å². The van der Waals surface area contributed by atoms with Gasteiger partial charge in [-0.3, -0.25) is 4.40 Å². The summed E-state index contributed by atoms with van der Waals surface area (Å²) in [5.41, 5.74) is 6.38. The molecule has 0 saturated carbocycles. The Kier molecular flexibility index (Phi) is 1.42.